The van der Waals surface area contributed by atoms with Gasteiger partial charge in [-0.05, 0) is 40.1 Å². The van der Waals surface area contributed by atoms with E-state index in [4.69, 9.17) is 9.47 Å². The lowest BCUT2D eigenvalue weighted by Gasteiger charge is -2.32. The highest BCUT2D eigenvalue weighted by Gasteiger charge is 2.43. The van der Waals surface area contributed by atoms with E-state index in [1.54, 1.807) is 27.2 Å². The van der Waals surface area contributed by atoms with Crippen LogP contribution in [-0.4, -0.2) is 41.6 Å². The largest absolute Gasteiger partial charge is 0.454 e. The summed E-state index contributed by atoms with van der Waals surface area (Å²) in [7, 11) is 0. The number of carbonyl (C=O) groups is 2. The smallest absolute Gasteiger partial charge is 0.322 e. The number of ether oxygens (including phenoxy) is 2. The number of urea groups is 1. The Morgan fingerprint density at radius 2 is 2.10 bits per heavy atom. The first-order chi connectivity index (χ1) is 14.2. The van der Waals surface area contributed by atoms with Crippen molar-refractivity contribution in [1.82, 2.24) is 15.1 Å². The average Bonchev–Trinajstić information content (AvgIpc) is 3.45. The first kappa shape index (κ1) is 17.8. The molecule has 1 N–H and O–H groups in total. The molecule has 3 aliphatic heterocycles. The molecule has 1 atom stereocenters. The molecule has 0 spiro atoms. The number of fused-ring (bicyclic) bond motifs is 1. The minimum Gasteiger partial charge on any atom is -0.454 e. The second-order valence-corrected chi connectivity index (χ2v) is 7.83. The highest BCUT2D eigenvalue weighted by Crippen LogP contribution is 2.38. The monoisotopic (exact) mass is 409 g/mol. The molecule has 1 aromatic carbocycles. The van der Waals surface area contributed by atoms with Crippen LogP contribution in [-0.2, 0) is 11.3 Å². The maximum atomic E-state index is 13.4. The Balaban J connectivity index is 1.46. The van der Waals surface area contributed by atoms with Crippen molar-refractivity contribution in [3.05, 3.63) is 70.1 Å². The third-order valence-corrected chi connectivity index (χ3v) is 6.00. The fraction of sp³-hybridized carbons (Fsp3) is 0.238. The van der Waals surface area contributed by atoms with Crippen LogP contribution in [0, 0.1) is 0 Å². The number of amides is 3. The van der Waals surface area contributed by atoms with Gasteiger partial charge >= 0.3 is 6.03 Å². The summed E-state index contributed by atoms with van der Waals surface area (Å²) in [5.41, 5.74) is 3.25. The van der Waals surface area contributed by atoms with Crippen LogP contribution in [0.2, 0.25) is 0 Å². The van der Waals surface area contributed by atoms with Crippen LogP contribution >= 0.6 is 11.3 Å². The van der Waals surface area contributed by atoms with Gasteiger partial charge in [0.1, 0.15) is 0 Å². The van der Waals surface area contributed by atoms with E-state index in [9.17, 15) is 9.59 Å². The first-order valence-electron chi connectivity index (χ1n) is 9.27. The van der Waals surface area contributed by atoms with E-state index >= 15 is 0 Å². The number of carbonyl (C=O) groups excluding carboxylic acids is 2. The number of nitrogens with one attached hydrogen (secondary N) is 1. The van der Waals surface area contributed by atoms with Crippen molar-refractivity contribution < 1.29 is 19.1 Å². The highest BCUT2D eigenvalue weighted by atomic mass is 32.1. The van der Waals surface area contributed by atoms with E-state index in [2.05, 4.69) is 11.9 Å². The van der Waals surface area contributed by atoms with E-state index in [0.29, 0.717) is 36.7 Å². The van der Waals surface area contributed by atoms with Gasteiger partial charge in [-0.1, -0.05) is 12.1 Å². The van der Waals surface area contributed by atoms with E-state index < -0.39 is 6.04 Å². The molecule has 3 amide bonds. The van der Waals surface area contributed by atoms with Crippen molar-refractivity contribution in [2.24, 2.45) is 0 Å². The molecule has 3 aliphatic rings. The molecule has 8 heteroatoms. The Morgan fingerprint density at radius 3 is 2.90 bits per heavy atom. The number of benzene rings is 1. The van der Waals surface area contributed by atoms with Gasteiger partial charge < -0.3 is 19.7 Å². The topological polar surface area (TPSA) is 71.1 Å². The Hall–Kier alpha value is -3.26. The van der Waals surface area contributed by atoms with Crippen molar-refractivity contribution in [2.75, 3.05) is 19.9 Å². The van der Waals surface area contributed by atoms with Gasteiger partial charge in [-0.2, -0.15) is 11.3 Å². The number of hydrogen-bond donors (Lipinski definition) is 1. The maximum absolute atomic E-state index is 13.4. The molecular weight excluding hydrogens is 390 g/mol. The molecule has 0 radical (unpaired) electrons. The zero-order valence-electron chi connectivity index (χ0n) is 15.6. The minimum absolute atomic E-state index is 0.0667. The zero-order chi connectivity index (χ0) is 20.0. The molecule has 0 aliphatic carbocycles. The lowest BCUT2D eigenvalue weighted by molar-refractivity contribution is -0.126. The summed E-state index contributed by atoms with van der Waals surface area (Å²) in [6.07, 6.45) is 1.67. The molecule has 0 unspecified atom stereocenters. The van der Waals surface area contributed by atoms with E-state index in [1.807, 2.05) is 35.0 Å². The summed E-state index contributed by atoms with van der Waals surface area (Å²) in [6, 6.07) is 6.98. The molecule has 7 nitrogen and oxygen atoms in total. The van der Waals surface area contributed by atoms with Crippen molar-refractivity contribution in [1.29, 1.82) is 0 Å². The summed E-state index contributed by atoms with van der Waals surface area (Å²) in [4.78, 5) is 29.4. The Morgan fingerprint density at radius 1 is 1.24 bits per heavy atom. The lowest BCUT2D eigenvalue weighted by Crippen LogP contribution is -2.47. The normalized spacial score (nSPS) is 20.2. The van der Waals surface area contributed by atoms with Crippen molar-refractivity contribution in [2.45, 2.75) is 12.6 Å². The molecule has 1 aromatic heterocycles. The quantitative estimate of drug-likeness (QED) is 0.771. The Labute approximate surface area is 171 Å². The van der Waals surface area contributed by atoms with Gasteiger partial charge in [-0.25, -0.2) is 4.79 Å². The van der Waals surface area contributed by atoms with Gasteiger partial charge in [-0.3, -0.25) is 9.69 Å². The minimum atomic E-state index is -0.431. The van der Waals surface area contributed by atoms with Crippen molar-refractivity contribution >= 4 is 23.3 Å². The number of nitrogens with zero attached hydrogens (tertiary/aromatic N) is 2. The van der Waals surface area contributed by atoms with Crippen LogP contribution in [0.25, 0.3) is 0 Å². The summed E-state index contributed by atoms with van der Waals surface area (Å²) in [5.74, 6) is 1.33. The summed E-state index contributed by atoms with van der Waals surface area (Å²) < 4.78 is 10.8. The van der Waals surface area contributed by atoms with E-state index in [0.717, 1.165) is 16.8 Å². The standard InChI is InChI=1S/C21H19N3O4S/c1-2-6-24-15-10-23(9-13-3-4-16-17(8-13)28-12-27-16)20(25)18(15)19(22-21(24)26)14-5-7-29-11-14/h2-5,7-8,11,19H,1,6,9-10,12H2,(H,22,26)/t19-/m1/s1. The van der Waals surface area contributed by atoms with Gasteiger partial charge in [0.05, 0.1) is 23.9 Å². The zero-order valence-corrected chi connectivity index (χ0v) is 16.4. The molecule has 148 valence electrons. The van der Waals surface area contributed by atoms with Crippen LogP contribution in [0.4, 0.5) is 4.79 Å². The predicted octanol–water partition coefficient (Wildman–Crippen LogP) is 3.03. The van der Waals surface area contributed by atoms with E-state index in [-0.39, 0.29) is 18.7 Å². The molecule has 5 rings (SSSR count). The van der Waals surface area contributed by atoms with Gasteiger partial charge in [-0.15, -0.1) is 6.58 Å². The second kappa shape index (κ2) is 6.97. The van der Waals surface area contributed by atoms with Gasteiger partial charge in [0, 0.05) is 13.1 Å². The molecule has 0 saturated carbocycles. The average molecular weight is 409 g/mol. The number of thiophene rings is 1. The molecular formula is C21H19N3O4S. The number of rotatable bonds is 5. The van der Waals surface area contributed by atoms with Gasteiger partial charge in [0.2, 0.25) is 6.79 Å². The summed E-state index contributed by atoms with van der Waals surface area (Å²) in [6.45, 7) is 5.12. The fourth-order valence-corrected chi connectivity index (χ4v) is 4.63. The van der Waals surface area contributed by atoms with Crippen LogP contribution in [0.3, 0.4) is 0 Å². The first-order valence-corrected chi connectivity index (χ1v) is 10.2. The third-order valence-electron chi connectivity index (χ3n) is 5.30. The van der Waals surface area contributed by atoms with Crippen LogP contribution in [0.5, 0.6) is 11.5 Å². The lowest BCUT2D eigenvalue weighted by atomic mass is 9.98. The molecule has 0 saturated heterocycles. The molecule has 2 aromatic rings. The van der Waals surface area contributed by atoms with Crippen LogP contribution in [0.15, 0.2) is 59.0 Å². The van der Waals surface area contributed by atoms with E-state index in [1.165, 1.54) is 0 Å². The molecule has 0 bridgehead atoms. The SMILES string of the molecule is C=CCN1C(=O)N[C@H](c2ccsc2)C2=C1CN(Cc1ccc3c(c1)OCO3)C2=O. The fourth-order valence-electron chi connectivity index (χ4n) is 3.95. The van der Waals surface area contributed by atoms with Crippen LogP contribution in [0.1, 0.15) is 17.2 Å². The predicted molar refractivity (Wildman–Crippen MR) is 108 cm³/mol. The van der Waals surface area contributed by atoms with Crippen molar-refractivity contribution in [3.8, 4) is 11.5 Å². The Bertz CT molecular complexity index is 1030. The molecule has 29 heavy (non-hydrogen) atoms. The number of hydrogen-bond acceptors (Lipinski definition) is 5. The maximum Gasteiger partial charge on any atom is 0.322 e. The molecule has 0 fully saturated rings. The van der Waals surface area contributed by atoms with Gasteiger partial charge in [0.25, 0.3) is 5.91 Å². The summed E-state index contributed by atoms with van der Waals surface area (Å²) in [5, 5.41) is 6.89. The van der Waals surface area contributed by atoms with Crippen molar-refractivity contribution in [3.63, 3.8) is 0 Å². The highest BCUT2D eigenvalue weighted by molar-refractivity contribution is 7.08. The Kier molecular flexibility index (Phi) is 4.28. The third kappa shape index (κ3) is 2.96. The van der Waals surface area contributed by atoms with Crippen LogP contribution < -0.4 is 14.8 Å². The van der Waals surface area contributed by atoms with Gasteiger partial charge in [0.15, 0.2) is 11.5 Å². The molecule has 4 heterocycles. The summed E-state index contributed by atoms with van der Waals surface area (Å²) >= 11 is 1.54. The second-order valence-electron chi connectivity index (χ2n) is 7.05.